The molecule has 18 heteroatoms. The minimum atomic E-state index is -2.45. The largest absolute Gasteiger partial charge is 0.464 e. The van der Waals surface area contributed by atoms with Crippen LogP contribution in [-0.4, -0.2) is 167 Å². The molecule has 73 heavy (non-hydrogen) atoms. The molecule has 17 nitrogen and oxygen atoms in total. The molecule has 5 aliphatic rings. The number of nitrogens with one attached hydrogen (secondary N) is 2. The Labute approximate surface area is 429 Å². The average molecular weight is 1010 g/mol. The lowest BCUT2D eigenvalue weighted by Crippen LogP contribution is -2.63. The summed E-state index contributed by atoms with van der Waals surface area (Å²) in [5, 5.41) is 5.42. The molecule has 7 heterocycles. The predicted molar refractivity (Wildman–Crippen MR) is 276 cm³/mol. The van der Waals surface area contributed by atoms with Gasteiger partial charge in [0.2, 0.25) is 11.6 Å². The third-order valence-electron chi connectivity index (χ3n) is 15.6. The van der Waals surface area contributed by atoms with Crippen molar-refractivity contribution in [2.24, 2.45) is 11.3 Å². The van der Waals surface area contributed by atoms with Gasteiger partial charge in [-0.1, -0.05) is 33.6 Å². The molecule has 0 unspecified atom stereocenters. The Balaban J connectivity index is 1.08. The highest BCUT2D eigenvalue weighted by Gasteiger charge is 2.50. The Morgan fingerprint density at radius 1 is 1.08 bits per heavy atom. The van der Waals surface area contributed by atoms with Gasteiger partial charge in [0, 0.05) is 107 Å². The van der Waals surface area contributed by atoms with Gasteiger partial charge in [-0.2, -0.15) is 0 Å². The molecule has 4 saturated heterocycles. The quantitative estimate of drug-likeness (QED) is 0.205. The predicted octanol–water partition coefficient (Wildman–Crippen LogP) is 5.04. The van der Waals surface area contributed by atoms with E-state index in [2.05, 4.69) is 82.0 Å². The van der Waals surface area contributed by atoms with Crippen LogP contribution in [0.5, 0.6) is 0 Å². The van der Waals surface area contributed by atoms with Gasteiger partial charge in [-0.25, -0.2) is 9.82 Å². The van der Waals surface area contributed by atoms with Gasteiger partial charge >= 0.3 is 5.97 Å². The normalized spacial score (nSPS) is 24.8. The number of anilines is 1. The Hall–Kier alpha value is -5.61. The topological polar surface area (TPSA) is 171 Å². The van der Waals surface area contributed by atoms with Crippen LogP contribution in [0, 0.1) is 23.2 Å². The summed E-state index contributed by atoms with van der Waals surface area (Å²) >= 11 is 0. The minimum Gasteiger partial charge on any atom is -0.464 e. The van der Waals surface area contributed by atoms with Gasteiger partial charge < -0.3 is 38.8 Å². The van der Waals surface area contributed by atoms with Crippen molar-refractivity contribution < 1.29 is 42.6 Å². The molecule has 0 spiro atoms. The molecular formula is C55H76FN9O8. The number of morpholine rings is 1. The van der Waals surface area contributed by atoms with Gasteiger partial charge in [-0.05, 0) is 101 Å². The molecule has 6 bridgehead atoms. The summed E-state index contributed by atoms with van der Waals surface area (Å²) in [5.74, 6) is 2.12. The number of hydrazine groups is 1. The summed E-state index contributed by atoms with van der Waals surface area (Å²) in [5.41, 5.74) is 5.58. The number of amides is 4. The number of carbonyl (C=O) groups excluding carboxylic acids is 5. The van der Waals surface area contributed by atoms with Crippen molar-refractivity contribution in [2.75, 3.05) is 78.1 Å². The number of nitrogens with zero attached hydrogens (tertiary/aromatic N) is 7. The van der Waals surface area contributed by atoms with Crippen molar-refractivity contribution in [3.63, 3.8) is 0 Å². The van der Waals surface area contributed by atoms with Crippen LogP contribution in [-0.2, 0) is 51.1 Å². The molecule has 0 saturated carbocycles. The number of esters is 1. The van der Waals surface area contributed by atoms with Crippen LogP contribution in [0.2, 0.25) is 0 Å². The number of methoxy groups -OCH3 is 1. The third kappa shape index (κ3) is 11.3. The SMILES string of the molecule is CCn1c(-c2cccnc2[C@H](C)OC)c2c3cc(ccc31)N1CCO[C@@H](C[C@H](NC(=O)[C@H](C(C)C)N(C)C(=O)[C@@]3(F)CCN(C(=O)C#CC(C)(C)N4CCC4)C3)C(=O)N3CCC[C@H](N3)C(=O)OCC(C)(C)C2)C1. The molecule has 4 fully saturated rings. The first kappa shape index (κ1) is 53.7. The van der Waals surface area contributed by atoms with Gasteiger partial charge in [0.15, 0.2) is 0 Å². The lowest BCUT2D eigenvalue weighted by Gasteiger charge is -2.41. The first-order valence-corrected chi connectivity index (χ1v) is 26.2. The number of fused-ring (bicyclic) bond motifs is 6. The van der Waals surface area contributed by atoms with Crippen LogP contribution in [0.15, 0.2) is 36.5 Å². The first-order valence-electron chi connectivity index (χ1n) is 26.2. The summed E-state index contributed by atoms with van der Waals surface area (Å²) in [6, 6.07) is 7.33. The number of hydrogen-bond donors (Lipinski definition) is 2. The molecule has 0 aliphatic carbocycles. The first-order chi connectivity index (χ1) is 34.6. The van der Waals surface area contributed by atoms with Gasteiger partial charge in [0.1, 0.15) is 18.1 Å². The third-order valence-corrected chi connectivity index (χ3v) is 15.6. The number of alkyl halides is 1. The lowest BCUT2D eigenvalue weighted by atomic mass is 9.84. The van der Waals surface area contributed by atoms with E-state index in [1.807, 2.05) is 26.8 Å². The van der Waals surface area contributed by atoms with Gasteiger partial charge in [0.05, 0.1) is 48.9 Å². The zero-order valence-electron chi connectivity index (χ0n) is 44.5. The number of aromatic nitrogens is 2. The fourth-order valence-corrected chi connectivity index (χ4v) is 11.2. The highest BCUT2D eigenvalue weighted by molar-refractivity contribution is 5.98. The average Bonchev–Trinajstić information content (AvgIpc) is 3.90. The number of ether oxygens (including phenoxy) is 3. The summed E-state index contributed by atoms with van der Waals surface area (Å²) in [4.78, 5) is 82.5. The Morgan fingerprint density at radius 3 is 2.55 bits per heavy atom. The number of aryl methyl sites for hydroxylation is 1. The van der Waals surface area contributed by atoms with Crippen LogP contribution in [0.25, 0.3) is 22.2 Å². The highest BCUT2D eigenvalue weighted by Crippen LogP contribution is 2.42. The minimum absolute atomic E-state index is 0.00159. The standard InChI is InChI=1S/C55H76FN9O8/c1-11-64-44-18-17-37-29-40(44)41(48(64)39-15-12-22-57-46(39)36(4)71-10)31-53(5,6)34-73-51(69)42-16-13-25-65(59-42)50(68)43(30-38-32-61(37)27-28-72-38)58-49(67)47(35(2)3)60(9)52(70)55(56)21-26-62(33-55)45(66)19-20-54(7,8)63-23-14-24-63/h12,15,17-18,22,29,35-36,38,42-43,47,59H,11,13-14,16,21,23-28,30-34H2,1-10H3,(H,58,67)/t36-,38-,42-,43-,47-,55+/m0/s1. The smallest absolute Gasteiger partial charge is 0.324 e. The van der Waals surface area contributed by atoms with E-state index in [1.165, 1.54) is 17.0 Å². The molecule has 2 aromatic heterocycles. The maximum Gasteiger partial charge on any atom is 0.324 e. The van der Waals surface area contributed by atoms with E-state index in [1.54, 1.807) is 27.2 Å². The fraction of sp³-hybridized carbons (Fsp3) is 0.636. The Morgan fingerprint density at radius 2 is 1.85 bits per heavy atom. The monoisotopic (exact) mass is 1010 g/mol. The van der Waals surface area contributed by atoms with Crippen molar-refractivity contribution >= 4 is 46.2 Å². The summed E-state index contributed by atoms with van der Waals surface area (Å²) in [6.07, 6.45) is 3.37. The number of carbonyl (C=O) groups is 5. The van der Waals surface area contributed by atoms with E-state index >= 15 is 4.39 Å². The fourth-order valence-electron chi connectivity index (χ4n) is 11.2. The van der Waals surface area contributed by atoms with Gasteiger partial charge in [-0.3, -0.25) is 38.9 Å². The second-order valence-corrected chi connectivity index (χ2v) is 22.3. The number of halogens is 1. The zero-order valence-corrected chi connectivity index (χ0v) is 44.5. The maximum absolute atomic E-state index is 16.8. The van der Waals surface area contributed by atoms with Crippen molar-refractivity contribution in [3.05, 3.63) is 47.8 Å². The number of benzene rings is 1. The van der Waals surface area contributed by atoms with Crippen LogP contribution in [0.1, 0.15) is 105 Å². The van der Waals surface area contributed by atoms with E-state index in [0.717, 1.165) is 63.5 Å². The van der Waals surface area contributed by atoms with Gasteiger partial charge in [0.25, 0.3) is 17.7 Å². The molecule has 0 radical (unpaired) electrons. The second kappa shape index (κ2) is 21.7. The second-order valence-electron chi connectivity index (χ2n) is 22.3. The van der Waals surface area contributed by atoms with Crippen molar-refractivity contribution in [2.45, 2.75) is 142 Å². The molecule has 8 rings (SSSR count). The molecule has 1 aromatic carbocycles. The van der Waals surface area contributed by atoms with Crippen LogP contribution >= 0.6 is 0 Å². The number of cyclic esters (lactones) is 1. The summed E-state index contributed by atoms with van der Waals surface area (Å²) < 4.78 is 37.5. The molecule has 396 valence electrons. The number of rotatable bonds is 10. The summed E-state index contributed by atoms with van der Waals surface area (Å²) in [6.45, 7) is 19.4. The number of pyridine rings is 1. The summed E-state index contributed by atoms with van der Waals surface area (Å²) in [7, 11) is 3.07. The van der Waals surface area contributed by atoms with E-state index in [4.69, 9.17) is 19.2 Å². The van der Waals surface area contributed by atoms with Crippen LogP contribution in [0.4, 0.5) is 10.1 Å². The van der Waals surface area contributed by atoms with Crippen molar-refractivity contribution in [3.8, 4) is 23.1 Å². The Bertz CT molecular complexity index is 2640. The maximum atomic E-state index is 16.8. The van der Waals surface area contributed by atoms with Crippen LogP contribution < -0.4 is 15.6 Å². The highest BCUT2D eigenvalue weighted by atomic mass is 19.1. The lowest BCUT2D eigenvalue weighted by molar-refractivity contribution is -0.156. The number of likely N-dealkylation sites (tertiary alicyclic amines) is 2. The molecule has 5 aliphatic heterocycles. The van der Waals surface area contributed by atoms with E-state index in [0.29, 0.717) is 45.5 Å². The van der Waals surface area contributed by atoms with Gasteiger partial charge in [-0.15, -0.1) is 0 Å². The van der Waals surface area contributed by atoms with E-state index in [-0.39, 0.29) is 38.6 Å². The van der Waals surface area contributed by atoms with Crippen LogP contribution in [0.3, 0.4) is 0 Å². The van der Waals surface area contributed by atoms with E-state index < -0.39 is 82.9 Å². The molecule has 4 amide bonds. The number of hydrogen-bond acceptors (Lipinski definition) is 12. The number of likely N-dealkylation sites (N-methyl/N-ethyl adjacent to an activating group) is 1. The van der Waals surface area contributed by atoms with Crippen molar-refractivity contribution in [1.82, 2.24) is 40.0 Å². The molecular weight excluding hydrogens is 934 g/mol. The zero-order chi connectivity index (χ0) is 52.6. The molecule has 2 N–H and O–H groups in total. The van der Waals surface area contributed by atoms with Crippen molar-refractivity contribution in [1.29, 1.82) is 0 Å². The van der Waals surface area contributed by atoms with E-state index in [9.17, 15) is 24.0 Å². The Kier molecular flexibility index (Phi) is 16.0. The molecule has 6 atom stereocenters. The molecule has 3 aromatic rings.